The van der Waals surface area contributed by atoms with E-state index in [1.165, 1.54) is 18.2 Å². The molecule has 0 heterocycles. The molecule has 9 heteroatoms. The predicted molar refractivity (Wildman–Crippen MR) is 108 cm³/mol. The van der Waals surface area contributed by atoms with Crippen LogP contribution in [-0.2, 0) is 14.8 Å². The number of hydrogen-bond acceptors (Lipinski definition) is 5. The molecule has 0 radical (unpaired) electrons. The maximum absolute atomic E-state index is 12.6. The van der Waals surface area contributed by atoms with E-state index in [1.54, 1.807) is 0 Å². The Kier molecular flexibility index (Phi) is 6.74. The maximum Gasteiger partial charge on any atom is 0.271 e. The molecule has 2 aromatic carbocycles. The highest BCUT2D eigenvalue weighted by molar-refractivity contribution is 7.92. The highest BCUT2D eigenvalue weighted by Crippen LogP contribution is 2.23. The van der Waals surface area contributed by atoms with Crippen LogP contribution in [0.1, 0.15) is 30.5 Å². The van der Waals surface area contributed by atoms with E-state index in [1.807, 2.05) is 38.1 Å². The van der Waals surface area contributed by atoms with E-state index in [-0.39, 0.29) is 17.4 Å². The van der Waals surface area contributed by atoms with E-state index in [4.69, 9.17) is 0 Å². The molecule has 1 amide bonds. The first-order valence-corrected chi connectivity index (χ1v) is 10.5. The Morgan fingerprint density at radius 1 is 1.21 bits per heavy atom. The Morgan fingerprint density at radius 2 is 1.86 bits per heavy atom. The van der Waals surface area contributed by atoms with Crippen molar-refractivity contribution < 1.29 is 18.1 Å². The zero-order chi connectivity index (χ0) is 20.9. The van der Waals surface area contributed by atoms with Crippen LogP contribution in [0.5, 0.6) is 0 Å². The van der Waals surface area contributed by atoms with Gasteiger partial charge in [-0.05, 0) is 25.0 Å². The van der Waals surface area contributed by atoms with Crippen molar-refractivity contribution in [2.24, 2.45) is 0 Å². The lowest BCUT2D eigenvalue weighted by Gasteiger charge is -2.24. The molecule has 0 saturated heterocycles. The van der Waals surface area contributed by atoms with Crippen molar-refractivity contribution in [1.29, 1.82) is 0 Å². The fraction of sp³-hybridized carbons (Fsp3) is 0.316. The average molecular weight is 405 g/mol. The zero-order valence-corrected chi connectivity index (χ0v) is 16.8. The van der Waals surface area contributed by atoms with Gasteiger partial charge < -0.3 is 5.32 Å². The van der Waals surface area contributed by atoms with Gasteiger partial charge in [0.05, 0.1) is 22.9 Å². The van der Waals surface area contributed by atoms with Crippen molar-refractivity contribution >= 4 is 27.3 Å². The van der Waals surface area contributed by atoms with Crippen LogP contribution < -0.4 is 9.62 Å². The summed E-state index contributed by atoms with van der Waals surface area (Å²) in [6, 6.07) is 12.6. The smallest absolute Gasteiger partial charge is 0.271 e. The summed E-state index contributed by atoms with van der Waals surface area (Å²) < 4.78 is 25.2. The third-order valence-electron chi connectivity index (χ3n) is 4.24. The van der Waals surface area contributed by atoms with Gasteiger partial charge in [0.1, 0.15) is 6.54 Å². The van der Waals surface area contributed by atoms with Gasteiger partial charge in [0, 0.05) is 12.1 Å². The van der Waals surface area contributed by atoms with E-state index in [0.29, 0.717) is 6.42 Å². The minimum Gasteiger partial charge on any atom is -0.348 e. The maximum atomic E-state index is 12.6. The summed E-state index contributed by atoms with van der Waals surface area (Å²) in [7, 11) is -3.82. The fourth-order valence-electron chi connectivity index (χ4n) is 2.75. The molecular formula is C19H23N3O5S. The Balaban J connectivity index is 2.22. The van der Waals surface area contributed by atoms with Crippen molar-refractivity contribution in [3.8, 4) is 0 Å². The first kappa shape index (κ1) is 21.4. The Bertz CT molecular complexity index is 958. The van der Waals surface area contributed by atoms with Gasteiger partial charge in [0.15, 0.2) is 0 Å². The number of benzene rings is 2. The monoisotopic (exact) mass is 405 g/mol. The average Bonchev–Trinajstić information content (AvgIpc) is 2.64. The standard InChI is InChI=1S/C19H23N3O5S/c1-4-18(15-10-8-14(2)9-11-15)20-19(23)13-21(28(3,26)27)16-6-5-7-17(12-16)22(24)25/h5-12,18H,4,13H2,1-3H3,(H,20,23)/t18-/m1/s1. The molecule has 0 aliphatic rings. The molecule has 0 aliphatic heterocycles. The van der Waals surface area contributed by atoms with Crippen LogP contribution in [-0.4, -0.2) is 32.0 Å². The summed E-state index contributed by atoms with van der Waals surface area (Å²) in [5.41, 5.74) is 1.83. The summed E-state index contributed by atoms with van der Waals surface area (Å²) in [5.74, 6) is -0.496. The van der Waals surface area contributed by atoms with E-state index in [9.17, 15) is 23.3 Å². The lowest BCUT2D eigenvalue weighted by molar-refractivity contribution is -0.384. The molecule has 1 atom stereocenters. The van der Waals surface area contributed by atoms with E-state index >= 15 is 0 Å². The second-order valence-corrected chi connectivity index (χ2v) is 8.39. The summed E-state index contributed by atoms with van der Waals surface area (Å²) in [6.45, 7) is 3.41. The van der Waals surface area contributed by atoms with E-state index < -0.39 is 27.4 Å². The van der Waals surface area contributed by atoms with Gasteiger partial charge in [0.25, 0.3) is 5.69 Å². The third kappa shape index (κ3) is 5.53. The van der Waals surface area contributed by atoms with Crippen molar-refractivity contribution in [2.75, 3.05) is 17.1 Å². The van der Waals surface area contributed by atoms with Gasteiger partial charge in [-0.3, -0.25) is 19.2 Å². The molecule has 28 heavy (non-hydrogen) atoms. The molecule has 2 aromatic rings. The Hall–Kier alpha value is -2.94. The van der Waals surface area contributed by atoms with Gasteiger partial charge in [-0.25, -0.2) is 8.42 Å². The van der Waals surface area contributed by atoms with Crippen LogP contribution in [0.4, 0.5) is 11.4 Å². The number of rotatable bonds is 8. The van der Waals surface area contributed by atoms with Crippen LogP contribution in [0.25, 0.3) is 0 Å². The van der Waals surface area contributed by atoms with Gasteiger partial charge in [-0.15, -0.1) is 0 Å². The molecule has 1 N–H and O–H groups in total. The number of hydrogen-bond donors (Lipinski definition) is 1. The summed E-state index contributed by atoms with van der Waals surface area (Å²) in [6.07, 6.45) is 1.58. The van der Waals surface area contributed by atoms with Gasteiger partial charge >= 0.3 is 0 Å². The molecule has 0 saturated carbocycles. The van der Waals surface area contributed by atoms with Crippen molar-refractivity contribution in [3.05, 3.63) is 69.8 Å². The largest absolute Gasteiger partial charge is 0.348 e. The van der Waals surface area contributed by atoms with Gasteiger partial charge in [-0.1, -0.05) is 42.8 Å². The third-order valence-corrected chi connectivity index (χ3v) is 5.38. The van der Waals surface area contributed by atoms with Crippen molar-refractivity contribution in [3.63, 3.8) is 0 Å². The fourth-order valence-corrected chi connectivity index (χ4v) is 3.60. The minimum atomic E-state index is -3.82. The van der Waals surface area contributed by atoms with Gasteiger partial charge in [-0.2, -0.15) is 0 Å². The number of nitrogens with zero attached hydrogens (tertiary/aromatic N) is 2. The number of nitro groups is 1. The number of sulfonamides is 1. The van der Waals surface area contributed by atoms with Crippen LogP contribution >= 0.6 is 0 Å². The predicted octanol–water partition coefficient (Wildman–Crippen LogP) is 2.94. The molecule has 8 nitrogen and oxygen atoms in total. The highest BCUT2D eigenvalue weighted by Gasteiger charge is 2.24. The molecule has 0 spiro atoms. The van der Waals surface area contributed by atoms with Crippen LogP contribution in [0.2, 0.25) is 0 Å². The van der Waals surface area contributed by atoms with E-state index in [0.717, 1.165) is 27.8 Å². The number of anilines is 1. The Labute approximate surface area is 164 Å². The molecule has 2 rings (SSSR count). The normalized spacial score (nSPS) is 12.2. The molecular weight excluding hydrogens is 382 g/mol. The van der Waals surface area contributed by atoms with E-state index in [2.05, 4.69) is 5.32 Å². The molecule has 0 bridgehead atoms. The molecule has 0 fully saturated rings. The molecule has 0 unspecified atom stereocenters. The SMILES string of the molecule is CC[C@@H](NC(=O)CN(c1cccc([N+](=O)[O-])c1)S(C)(=O)=O)c1ccc(C)cc1. The lowest BCUT2D eigenvalue weighted by Crippen LogP contribution is -2.41. The number of non-ortho nitro benzene ring substituents is 1. The Morgan fingerprint density at radius 3 is 2.39 bits per heavy atom. The van der Waals surface area contributed by atoms with Crippen molar-refractivity contribution in [2.45, 2.75) is 26.3 Å². The molecule has 0 aliphatic carbocycles. The first-order chi connectivity index (χ1) is 13.1. The lowest BCUT2D eigenvalue weighted by atomic mass is 10.0. The number of carbonyl (C=O) groups is 1. The highest BCUT2D eigenvalue weighted by atomic mass is 32.2. The van der Waals surface area contributed by atoms with Crippen LogP contribution in [0.3, 0.4) is 0 Å². The number of nitro benzene ring substituents is 1. The summed E-state index contributed by atoms with van der Waals surface area (Å²) >= 11 is 0. The number of amides is 1. The number of carbonyl (C=O) groups excluding carboxylic acids is 1. The number of aryl methyl sites for hydroxylation is 1. The topological polar surface area (TPSA) is 110 Å². The zero-order valence-electron chi connectivity index (χ0n) is 16.0. The second kappa shape index (κ2) is 8.83. The second-order valence-electron chi connectivity index (χ2n) is 6.49. The minimum absolute atomic E-state index is 0.0650. The molecule has 0 aromatic heterocycles. The van der Waals surface area contributed by atoms with Crippen LogP contribution in [0.15, 0.2) is 48.5 Å². The quantitative estimate of drug-likeness (QED) is 0.536. The van der Waals surface area contributed by atoms with Crippen LogP contribution in [0, 0.1) is 17.0 Å². The summed E-state index contributed by atoms with van der Waals surface area (Å²) in [5, 5.41) is 13.8. The molecule has 150 valence electrons. The summed E-state index contributed by atoms with van der Waals surface area (Å²) in [4.78, 5) is 22.9. The van der Waals surface area contributed by atoms with Gasteiger partial charge in [0.2, 0.25) is 15.9 Å². The van der Waals surface area contributed by atoms with Crippen molar-refractivity contribution in [1.82, 2.24) is 5.32 Å². The first-order valence-electron chi connectivity index (χ1n) is 8.70. The number of nitrogens with one attached hydrogen (secondary N) is 1.